The third-order valence-corrected chi connectivity index (χ3v) is 2.60. The first kappa shape index (κ1) is 11.6. The fourth-order valence-electron chi connectivity index (χ4n) is 1.58. The molecule has 0 amide bonds. The molecule has 90 valence electrons. The van der Waals surface area contributed by atoms with Gasteiger partial charge in [0, 0.05) is 13.1 Å². The van der Waals surface area contributed by atoms with Crippen LogP contribution in [0.15, 0.2) is 30.5 Å². The summed E-state index contributed by atoms with van der Waals surface area (Å²) in [6.07, 6.45) is 1.71. The summed E-state index contributed by atoms with van der Waals surface area (Å²) in [6.45, 7) is 3.63. The van der Waals surface area contributed by atoms with Crippen LogP contribution < -0.4 is 5.32 Å². The number of nitrogens with one attached hydrogen (secondary N) is 1. The Labute approximate surface area is 100 Å². The molecule has 0 atom stereocenters. The highest BCUT2D eigenvalue weighted by Gasteiger charge is 2.01. The van der Waals surface area contributed by atoms with E-state index in [1.165, 1.54) is 0 Å². The number of aryl methyl sites for hydroxylation is 1. The van der Waals surface area contributed by atoms with E-state index in [9.17, 15) is 0 Å². The van der Waals surface area contributed by atoms with Crippen LogP contribution >= 0.6 is 0 Å². The summed E-state index contributed by atoms with van der Waals surface area (Å²) in [7, 11) is 0. The molecule has 0 aliphatic carbocycles. The lowest BCUT2D eigenvalue weighted by molar-refractivity contribution is 0.282. The normalized spacial score (nSPS) is 10.5. The third kappa shape index (κ3) is 2.82. The van der Waals surface area contributed by atoms with Crippen molar-refractivity contribution in [3.05, 3.63) is 41.6 Å². The van der Waals surface area contributed by atoms with Crippen LogP contribution in [-0.4, -0.2) is 20.1 Å². The van der Waals surface area contributed by atoms with Gasteiger partial charge in [-0.25, -0.2) is 4.68 Å². The van der Waals surface area contributed by atoms with E-state index in [0.717, 1.165) is 30.0 Å². The zero-order valence-electron chi connectivity index (χ0n) is 9.80. The molecule has 0 radical (unpaired) electrons. The Morgan fingerprint density at radius 3 is 2.59 bits per heavy atom. The van der Waals surface area contributed by atoms with Crippen molar-refractivity contribution in [1.82, 2.24) is 15.0 Å². The molecule has 1 aromatic heterocycles. The number of anilines is 1. The van der Waals surface area contributed by atoms with Crippen molar-refractivity contribution < 1.29 is 5.11 Å². The van der Waals surface area contributed by atoms with Crippen LogP contribution in [0.1, 0.15) is 18.1 Å². The standard InChI is InChI=1S/C12H16N4O/c1-2-16-12(8-14-15-16)13-7-10-3-5-11(9-17)6-4-10/h3-6,8,13,17H,2,7,9H2,1H3. The minimum absolute atomic E-state index is 0.0836. The average molecular weight is 232 g/mol. The quantitative estimate of drug-likeness (QED) is 0.818. The van der Waals surface area contributed by atoms with E-state index in [1.807, 2.05) is 35.9 Å². The van der Waals surface area contributed by atoms with Gasteiger partial charge in [0.15, 0.2) is 0 Å². The van der Waals surface area contributed by atoms with Crippen LogP contribution in [0, 0.1) is 0 Å². The highest BCUT2D eigenvalue weighted by molar-refractivity contribution is 5.33. The minimum Gasteiger partial charge on any atom is -0.392 e. The fraction of sp³-hybridized carbons (Fsp3) is 0.333. The van der Waals surface area contributed by atoms with E-state index in [4.69, 9.17) is 5.11 Å². The van der Waals surface area contributed by atoms with Gasteiger partial charge in [-0.2, -0.15) is 0 Å². The molecule has 17 heavy (non-hydrogen) atoms. The molecule has 2 rings (SSSR count). The number of hydrogen-bond acceptors (Lipinski definition) is 4. The highest BCUT2D eigenvalue weighted by Crippen LogP contribution is 2.08. The lowest BCUT2D eigenvalue weighted by Gasteiger charge is -2.07. The van der Waals surface area contributed by atoms with Crippen LogP contribution in [0.2, 0.25) is 0 Å². The number of benzene rings is 1. The second-order valence-electron chi connectivity index (χ2n) is 3.76. The Balaban J connectivity index is 1.97. The zero-order chi connectivity index (χ0) is 12.1. The second kappa shape index (κ2) is 5.45. The van der Waals surface area contributed by atoms with E-state index in [-0.39, 0.29) is 6.61 Å². The maximum Gasteiger partial charge on any atom is 0.145 e. The van der Waals surface area contributed by atoms with E-state index >= 15 is 0 Å². The van der Waals surface area contributed by atoms with Gasteiger partial charge in [0.2, 0.25) is 0 Å². The molecule has 0 fully saturated rings. The van der Waals surface area contributed by atoms with Gasteiger partial charge >= 0.3 is 0 Å². The second-order valence-corrected chi connectivity index (χ2v) is 3.76. The summed E-state index contributed by atoms with van der Waals surface area (Å²) in [5, 5.41) is 20.0. The molecule has 0 saturated heterocycles. The van der Waals surface area contributed by atoms with Crippen LogP contribution in [0.25, 0.3) is 0 Å². The lowest BCUT2D eigenvalue weighted by Crippen LogP contribution is -2.06. The van der Waals surface area contributed by atoms with Crippen LogP contribution in [0.5, 0.6) is 0 Å². The minimum atomic E-state index is 0.0836. The number of aliphatic hydroxyl groups is 1. The van der Waals surface area contributed by atoms with Gasteiger partial charge in [0.1, 0.15) is 5.82 Å². The summed E-state index contributed by atoms with van der Waals surface area (Å²) in [6, 6.07) is 7.84. The maximum absolute atomic E-state index is 8.94. The van der Waals surface area contributed by atoms with Gasteiger partial charge < -0.3 is 10.4 Å². The number of aliphatic hydroxyl groups excluding tert-OH is 1. The van der Waals surface area contributed by atoms with Gasteiger partial charge in [0.05, 0.1) is 12.8 Å². The Morgan fingerprint density at radius 2 is 1.94 bits per heavy atom. The molecule has 0 saturated carbocycles. The van der Waals surface area contributed by atoms with E-state index < -0.39 is 0 Å². The van der Waals surface area contributed by atoms with Crippen molar-refractivity contribution in [1.29, 1.82) is 0 Å². The fourth-order valence-corrected chi connectivity index (χ4v) is 1.58. The zero-order valence-corrected chi connectivity index (χ0v) is 9.80. The van der Waals surface area contributed by atoms with Gasteiger partial charge in [-0.05, 0) is 18.1 Å². The largest absolute Gasteiger partial charge is 0.392 e. The summed E-state index contributed by atoms with van der Waals surface area (Å²) >= 11 is 0. The highest BCUT2D eigenvalue weighted by atomic mass is 16.3. The van der Waals surface area contributed by atoms with E-state index in [1.54, 1.807) is 6.20 Å². The monoisotopic (exact) mass is 232 g/mol. The Hall–Kier alpha value is -1.88. The molecule has 0 aliphatic heterocycles. The topological polar surface area (TPSA) is 63.0 Å². The van der Waals surface area contributed by atoms with Crippen LogP contribution in [0.3, 0.4) is 0 Å². The Bertz CT molecular complexity index is 464. The molecule has 5 nitrogen and oxygen atoms in total. The Morgan fingerprint density at radius 1 is 1.24 bits per heavy atom. The van der Waals surface area contributed by atoms with Crippen LogP contribution in [0.4, 0.5) is 5.82 Å². The molecule has 1 heterocycles. The van der Waals surface area contributed by atoms with Crippen LogP contribution in [-0.2, 0) is 19.7 Å². The number of rotatable bonds is 5. The van der Waals surface area contributed by atoms with Crippen molar-refractivity contribution >= 4 is 5.82 Å². The predicted molar refractivity (Wildman–Crippen MR) is 65.4 cm³/mol. The first-order valence-corrected chi connectivity index (χ1v) is 5.64. The first-order chi connectivity index (χ1) is 8.33. The molecule has 5 heteroatoms. The van der Waals surface area contributed by atoms with Crippen molar-refractivity contribution in [3.63, 3.8) is 0 Å². The SMILES string of the molecule is CCn1nncc1NCc1ccc(CO)cc1. The average Bonchev–Trinajstić information content (AvgIpc) is 2.84. The van der Waals surface area contributed by atoms with Gasteiger partial charge in [-0.15, -0.1) is 5.10 Å². The Kier molecular flexibility index (Phi) is 3.72. The van der Waals surface area contributed by atoms with Crippen molar-refractivity contribution in [2.75, 3.05) is 5.32 Å². The first-order valence-electron chi connectivity index (χ1n) is 5.64. The van der Waals surface area contributed by atoms with Gasteiger partial charge in [-0.3, -0.25) is 0 Å². The summed E-state index contributed by atoms with van der Waals surface area (Å²) in [5.41, 5.74) is 2.08. The third-order valence-electron chi connectivity index (χ3n) is 2.60. The molecule has 2 N–H and O–H groups in total. The van der Waals surface area contributed by atoms with Crippen molar-refractivity contribution in [2.24, 2.45) is 0 Å². The number of hydrogen-bond donors (Lipinski definition) is 2. The summed E-state index contributed by atoms with van der Waals surface area (Å²) < 4.78 is 1.81. The summed E-state index contributed by atoms with van der Waals surface area (Å²) in [4.78, 5) is 0. The number of nitrogens with zero attached hydrogens (tertiary/aromatic N) is 3. The van der Waals surface area contributed by atoms with Crippen molar-refractivity contribution in [3.8, 4) is 0 Å². The molecule has 0 unspecified atom stereocenters. The van der Waals surface area contributed by atoms with Gasteiger partial charge in [-0.1, -0.05) is 29.5 Å². The molecule has 0 aliphatic rings. The summed E-state index contributed by atoms with van der Waals surface area (Å²) in [5.74, 6) is 0.915. The molecular weight excluding hydrogens is 216 g/mol. The smallest absolute Gasteiger partial charge is 0.145 e. The molecular formula is C12H16N4O. The molecule has 1 aromatic carbocycles. The molecule has 0 spiro atoms. The molecule has 0 bridgehead atoms. The molecule has 2 aromatic rings. The van der Waals surface area contributed by atoms with E-state index in [0.29, 0.717) is 0 Å². The maximum atomic E-state index is 8.94. The lowest BCUT2D eigenvalue weighted by atomic mass is 10.1. The van der Waals surface area contributed by atoms with Gasteiger partial charge in [0.25, 0.3) is 0 Å². The van der Waals surface area contributed by atoms with Crippen molar-refractivity contribution in [2.45, 2.75) is 26.6 Å². The van der Waals surface area contributed by atoms with E-state index in [2.05, 4.69) is 15.6 Å². The number of aromatic nitrogens is 3. The predicted octanol–water partition coefficient (Wildman–Crippen LogP) is 1.40.